The van der Waals surface area contributed by atoms with Crippen LogP contribution in [-0.4, -0.2) is 40.5 Å². The van der Waals surface area contributed by atoms with Crippen LogP contribution >= 0.6 is 11.6 Å². The second kappa shape index (κ2) is 9.32. The van der Waals surface area contributed by atoms with Crippen LogP contribution in [-0.2, 0) is 27.2 Å². The van der Waals surface area contributed by atoms with Gasteiger partial charge in [-0.15, -0.1) is 11.6 Å². The molecule has 0 saturated carbocycles. The first kappa shape index (κ1) is 20.5. The van der Waals surface area contributed by atoms with Crippen LogP contribution in [0.5, 0.6) is 0 Å². The molecule has 1 atom stereocenters. The number of fused-ring (bicyclic) bond motifs is 1. The number of hydrogen-bond acceptors (Lipinski definition) is 5. The Bertz CT molecular complexity index is 865. The molecule has 0 radical (unpaired) electrons. The Morgan fingerprint density at radius 3 is 2.57 bits per heavy atom. The van der Waals surface area contributed by atoms with Crippen molar-refractivity contribution in [2.45, 2.75) is 38.5 Å². The summed E-state index contributed by atoms with van der Waals surface area (Å²) in [4.78, 5) is 34.3. The lowest BCUT2D eigenvalue weighted by molar-refractivity contribution is -0.145. The summed E-state index contributed by atoms with van der Waals surface area (Å²) >= 11 is 6.37. The van der Waals surface area contributed by atoms with Gasteiger partial charge in [-0.05, 0) is 19.4 Å². The van der Waals surface area contributed by atoms with Crippen molar-refractivity contribution in [3.05, 3.63) is 63.3 Å². The van der Waals surface area contributed by atoms with Gasteiger partial charge in [-0.1, -0.05) is 30.3 Å². The summed E-state index contributed by atoms with van der Waals surface area (Å²) in [5.41, 5.74) is 1.59. The number of carbonyl (C=O) groups excluding carboxylic acids is 1. The number of aromatic amines is 1. The Kier molecular flexibility index (Phi) is 6.83. The number of carbonyl (C=O) groups is 1. The predicted octanol–water partition coefficient (Wildman–Crippen LogP) is 2.71. The molecule has 0 saturated heterocycles. The number of hydrogen-bond donors (Lipinski definition) is 1. The average Bonchev–Trinajstić information content (AvgIpc) is 2.73. The lowest BCUT2D eigenvalue weighted by Gasteiger charge is -2.30. The van der Waals surface area contributed by atoms with Gasteiger partial charge in [0.2, 0.25) is 12.2 Å². The molecule has 0 unspecified atom stereocenters. The number of ether oxygens (including phenoxy) is 2. The SMILES string of the molecule is CCOC(OCC)c1nc2c(c(=O)[nH]1)CN(C(=O)[C@@H](Cl)c1ccccc1)CC2. The van der Waals surface area contributed by atoms with Gasteiger partial charge in [0.1, 0.15) is 5.38 Å². The second-order valence-corrected chi connectivity index (χ2v) is 6.84. The maximum Gasteiger partial charge on any atom is 0.256 e. The van der Waals surface area contributed by atoms with Gasteiger partial charge in [-0.3, -0.25) is 9.59 Å². The number of alkyl halides is 1. The maximum atomic E-state index is 12.8. The fourth-order valence-corrected chi connectivity index (χ4v) is 3.46. The molecule has 3 rings (SSSR count). The summed E-state index contributed by atoms with van der Waals surface area (Å²) in [7, 11) is 0. The molecule has 2 heterocycles. The normalized spacial score (nSPS) is 14.8. The number of rotatable bonds is 7. The summed E-state index contributed by atoms with van der Waals surface area (Å²) in [5.74, 6) is 0.134. The van der Waals surface area contributed by atoms with Crippen molar-refractivity contribution in [3.8, 4) is 0 Å². The Morgan fingerprint density at radius 1 is 1.25 bits per heavy atom. The number of H-pyrrole nitrogens is 1. The number of halogens is 1. The van der Waals surface area contributed by atoms with Crippen LogP contribution in [0.25, 0.3) is 0 Å². The first-order valence-corrected chi connectivity index (χ1v) is 9.81. The van der Waals surface area contributed by atoms with Crippen LogP contribution in [0.2, 0.25) is 0 Å². The molecule has 0 bridgehead atoms. The van der Waals surface area contributed by atoms with Crippen LogP contribution in [0.4, 0.5) is 0 Å². The standard InChI is InChI=1S/C20H24ClN3O4/c1-3-27-20(28-4-2)17-22-15-10-11-24(12-14(15)18(25)23-17)19(26)16(21)13-8-6-5-7-9-13/h5-9,16,20H,3-4,10-12H2,1-2H3,(H,22,23,25)/t16-/m0/s1. The fourth-order valence-electron chi connectivity index (χ4n) is 3.18. The molecule has 7 nitrogen and oxygen atoms in total. The van der Waals surface area contributed by atoms with Gasteiger partial charge >= 0.3 is 0 Å². The topological polar surface area (TPSA) is 84.5 Å². The lowest BCUT2D eigenvalue weighted by atomic mass is 10.0. The molecule has 1 amide bonds. The molecule has 0 spiro atoms. The first-order chi connectivity index (χ1) is 13.5. The van der Waals surface area contributed by atoms with Crippen molar-refractivity contribution < 1.29 is 14.3 Å². The molecular formula is C20H24ClN3O4. The highest BCUT2D eigenvalue weighted by molar-refractivity contribution is 6.30. The molecule has 150 valence electrons. The summed E-state index contributed by atoms with van der Waals surface area (Å²) in [6.45, 7) is 5.20. The average molecular weight is 406 g/mol. The third-order valence-electron chi connectivity index (χ3n) is 4.57. The fraction of sp³-hybridized carbons (Fsp3) is 0.450. The Labute approximate surface area is 168 Å². The minimum atomic E-state index is -0.783. The quantitative estimate of drug-likeness (QED) is 0.565. The number of amides is 1. The monoisotopic (exact) mass is 405 g/mol. The van der Waals surface area contributed by atoms with Gasteiger partial charge in [0.25, 0.3) is 5.56 Å². The largest absolute Gasteiger partial charge is 0.346 e. The Balaban J connectivity index is 1.80. The third kappa shape index (κ3) is 4.43. The minimum Gasteiger partial charge on any atom is -0.346 e. The summed E-state index contributed by atoms with van der Waals surface area (Å²) in [6, 6.07) is 9.18. The van der Waals surface area contributed by atoms with E-state index in [1.54, 1.807) is 4.90 Å². The highest BCUT2D eigenvalue weighted by Gasteiger charge is 2.30. The molecule has 28 heavy (non-hydrogen) atoms. The van der Waals surface area contributed by atoms with Gasteiger partial charge in [0.05, 0.1) is 17.8 Å². The van der Waals surface area contributed by atoms with Crippen LogP contribution in [0.1, 0.15) is 48.2 Å². The van der Waals surface area contributed by atoms with Crippen LogP contribution in [0, 0.1) is 0 Å². The van der Waals surface area contributed by atoms with E-state index in [1.165, 1.54) is 0 Å². The van der Waals surface area contributed by atoms with Crippen molar-refractivity contribution in [1.29, 1.82) is 0 Å². The number of nitrogens with zero attached hydrogens (tertiary/aromatic N) is 2. The predicted molar refractivity (Wildman–Crippen MR) is 105 cm³/mol. The second-order valence-electron chi connectivity index (χ2n) is 6.40. The molecular weight excluding hydrogens is 382 g/mol. The molecule has 2 aromatic rings. The van der Waals surface area contributed by atoms with Crippen molar-refractivity contribution in [1.82, 2.24) is 14.9 Å². The smallest absolute Gasteiger partial charge is 0.256 e. The number of nitrogens with one attached hydrogen (secondary N) is 1. The molecule has 1 aliphatic heterocycles. The van der Waals surface area contributed by atoms with Crippen molar-refractivity contribution in [2.75, 3.05) is 19.8 Å². The molecule has 1 N–H and O–H groups in total. The molecule has 1 aromatic carbocycles. The van der Waals surface area contributed by atoms with E-state index in [0.717, 1.165) is 5.56 Å². The van der Waals surface area contributed by atoms with E-state index < -0.39 is 11.7 Å². The van der Waals surface area contributed by atoms with E-state index >= 15 is 0 Å². The highest BCUT2D eigenvalue weighted by atomic mass is 35.5. The minimum absolute atomic E-state index is 0.181. The van der Waals surface area contributed by atoms with E-state index in [4.69, 9.17) is 21.1 Å². The van der Waals surface area contributed by atoms with E-state index in [1.807, 2.05) is 44.2 Å². The van der Waals surface area contributed by atoms with Crippen LogP contribution < -0.4 is 5.56 Å². The van der Waals surface area contributed by atoms with E-state index in [9.17, 15) is 9.59 Å². The van der Waals surface area contributed by atoms with Gasteiger partial charge in [0, 0.05) is 26.2 Å². The Hall–Kier alpha value is -2.22. The highest BCUT2D eigenvalue weighted by Crippen LogP contribution is 2.26. The van der Waals surface area contributed by atoms with Gasteiger partial charge in [0.15, 0.2) is 5.82 Å². The van der Waals surface area contributed by atoms with Gasteiger partial charge in [-0.25, -0.2) is 4.98 Å². The zero-order chi connectivity index (χ0) is 20.1. The van der Waals surface area contributed by atoms with Crippen molar-refractivity contribution >= 4 is 17.5 Å². The lowest BCUT2D eigenvalue weighted by Crippen LogP contribution is -2.41. The molecule has 0 aliphatic carbocycles. The first-order valence-electron chi connectivity index (χ1n) is 9.38. The maximum absolute atomic E-state index is 12.8. The zero-order valence-electron chi connectivity index (χ0n) is 16.0. The van der Waals surface area contributed by atoms with Crippen molar-refractivity contribution in [3.63, 3.8) is 0 Å². The molecule has 8 heteroatoms. The van der Waals surface area contributed by atoms with Crippen LogP contribution in [0.3, 0.4) is 0 Å². The molecule has 1 aliphatic rings. The summed E-state index contributed by atoms with van der Waals surface area (Å²) < 4.78 is 11.0. The van der Waals surface area contributed by atoms with Gasteiger partial charge in [-0.2, -0.15) is 0 Å². The van der Waals surface area contributed by atoms with Gasteiger partial charge < -0.3 is 19.4 Å². The molecule has 0 fully saturated rings. The summed E-state index contributed by atoms with van der Waals surface area (Å²) in [6.07, 6.45) is -0.237. The van der Waals surface area contributed by atoms with E-state index in [2.05, 4.69) is 9.97 Å². The number of aromatic nitrogens is 2. The zero-order valence-corrected chi connectivity index (χ0v) is 16.7. The summed E-state index contributed by atoms with van der Waals surface area (Å²) in [5, 5.41) is -0.783. The third-order valence-corrected chi connectivity index (χ3v) is 5.01. The molecule has 1 aromatic heterocycles. The Morgan fingerprint density at radius 2 is 1.93 bits per heavy atom. The van der Waals surface area contributed by atoms with E-state index in [-0.39, 0.29) is 18.0 Å². The van der Waals surface area contributed by atoms with Crippen LogP contribution in [0.15, 0.2) is 35.1 Å². The van der Waals surface area contributed by atoms with Crippen molar-refractivity contribution in [2.24, 2.45) is 0 Å². The van der Waals surface area contributed by atoms with E-state index in [0.29, 0.717) is 43.3 Å². The number of benzene rings is 1.